The Morgan fingerprint density at radius 2 is 2.06 bits per heavy atom. The molecule has 17 heavy (non-hydrogen) atoms. The minimum absolute atomic E-state index is 0.0965. The van der Waals surface area contributed by atoms with Crippen molar-refractivity contribution in [3.63, 3.8) is 0 Å². The predicted molar refractivity (Wildman–Crippen MR) is 70.8 cm³/mol. The first-order valence-corrected chi connectivity index (χ1v) is 6.17. The van der Waals surface area contributed by atoms with Crippen LogP contribution < -0.4 is 5.32 Å². The summed E-state index contributed by atoms with van der Waals surface area (Å²) in [5.74, 6) is -0.146. The molecule has 0 spiro atoms. The maximum atomic E-state index is 11.6. The molecule has 3 nitrogen and oxygen atoms in total. The molecule has 0 aliphatic heterocycles. The molecule has 0 bridgehead atoms. The van der Waals surface area contributed by atoms with Gasteiger partial charge in [0, 0.05) is 13.0 Å². The first-order chi connectivity index (χ1) is 8.06. The van der Waals surface area contributed by atoms with Crippen molar-refractivity contribution in [2.75, 3.05) is 11.9 Å². The van der Waals surface area contributed by atoms with Crippen LogP contribution in [0, 0.1) is 6.92 Å². The van der Waals surface area contributed by atoms with Crippen molar-refractivity contribution in [1.82, 2.24) is 0 Å². The standard InChI is InChI=1S/C12H15Cl2NO2/c1-8-5-6-9(13)12(11(8)14)15-10(17)4-2-3-7-16/h5-6,16H,2-4,7H2,1H3,(H,15,17). The highest BCUT2D eigenvalue weighted by Gasteiger charge is 2.11. The fourth-order valence-corrected chi connectivity index (χ4v) is 1.84. The summed E-state index contributed by atoms with van der Waals surface area (Å²) in [4.78, 5) is 11.6. The number of benzene rings is 1. The Morgan fingerprint density at radius 1 is 1.35 bits per heavy atom. The van der Waals surface area contributed by atoms with Crippen molar-refractivity contribution in [2.45, 2.75) is 26.2 Å². The summed E-state index contributed by atoms with van der Waals surface area (Å²) in [6, 6.07) is 3.50. The number of aliphatic hydroxyl groups excluding tert-OH is 1. The second-order valence-corrected chi connectivity index (χ2v) is 4.57. The van der Waals surface area contributed by atoms with Gasteiger partial charge in [-0.15, -0.1) is 0 Å². The van der Waals surface area contributed by atoms with Gasteiger partial charge < -0.3 is 10.4 Å². The van der Waals surface area contributed by atoms with Crippen molar-refractivity contribution in [1.29, 1.82) is 0 Å². The summed E-state index contributed by atoms with van der Waals surface area (Å²) in [7, 11) is 0. The van der Waals surface area contributed by atoms with Crippen molar-refractivity contribution in [3.8, 4) is 0 Å². The quantitative estimate of drug-likeness (QED) is 0.810. The van der Waals surface area contributed by atoms with Gasteiger partial charge in [0.25, 0.3) is 0 Å². The summed E-state index contributed by atoms with van der Waals surface area (Å²) in [5, 5.41) is 12.2. The van der Waals surface area contributed by atoms with Crippen LogP contribution in [0.3, 0.4) is 0 Å². The Kier molecular flexibility index (Phi) is 5.75. The summed E-state index contributed by atoms with van der Waals surface area (Å²) in [6.45, 7) is 1.94. The lowest BCUT2D eigenvalue weighted by Gasteiger charge is -2.10. The molecule has 0 heterocycles. The van der Waals surface area contributed by atoms with Gasteiger partial charge in [-0.1, -0.05) is 29.3 Å². The van der Waals surface area contributed by atoms with Gasteiger partial charge in [0.1, 0.15) is 0 Å². The number of carbonyl (C=O) groups is 1. The Labute approximate surface area is 111 Å². The number of amides is 1. The third-order valence-electron chi connectivity index (χ3n) is 2.36. The number of carbonyl (C=O) groups excluding carboxylic acids is 1. The molecule has 0 fully saturated rings. The van der Waals surface area contributed by atoms with Crippen molar-refractivity contribution in [2.24, 2.45) is 0 Å². The normalized spacial score (nSPS) is 10.4. The molecule has 1 amide bonds. The van der Waals surface area contributed by atoms with Crippen LogP contribution in [0.25, 0.3) is 0 Å². The maximum absolute atomic E-state index is 11.6. The molecule has 0 aliphatic carbocycles. The SMILES string of the molecule is Cc1ccc(Cl)c(NC(=O)CCCCO)c1Cl. The second kappa shape index (κ2) is 6.84. The van der Waals surface area contributed by atoms with Gasteiger partial charge in [-0.25, -0.2) is 0 Å². The first kappa shape index (κ1) is 14.3. The smallest absolute Gasteiger partial charge is 0.224 e. The van der Waals surface area contributed by atoms with Crippen LogP contribution in [0.5, 0.6) is 0 Å². The zero-order valence-electron chi connectivity index (χ0n) is 9.59. The Balaban J connectivity index is 2.68. The minimum Gasteiger partial charge on any atom is -0.396 e. The van der Waals surface area contributed by atoms with Crippen molar-refractivity contribution >= 4 is 34.8 Å². The molecule has 1 rings (SSSR count). The number of unbranched alkanes of at least 4 members (excludes halogenated alkanes) is 1. The third-order valence-corrected chi connectivity index (χ3v) is 3.16. The molecular weight excluding hydrogens is 261 g/mol. The number of rotatable bonds is 5. The van der Waals surface area contributed by atoms with E-state index in [0.717, 1.165) is 5.56 Å². The Hall–Kier alpha value is -0.770. The Morgan fingerprint density at radius 3 is 2.71 bits per heavy atom. The van der Waals surface area contributed by atoms with E-state index in [2.05, 4.69) is 5.32 Å². The highest BCUT2D eigenvalue weighted by Crippen LogP contribution is 2.32. The molecule has 94 valence electrons. The van der Waals surface area contributed by atoms with Gasteiger partial charge in [-0.2, -0.15) is 0 Å². The van der Waals surface area contributed by atoms with Crippen LogP contribution in [0.2, 0.25) is 10.0 Å². The summed E-state index contributed by atoms with van der Waals surface area (Å²) in [6.07, 6.45) is 1.60. The lowest BCUT2D eigenvalue weighted by Crippen LogP contribution is -2.12. The van der Waals surface area contributed by atoms with E-state index in [1.807, 2.05) is 6.92 Å². The number of aliphatic hydroxyl groups is 1. The number of hydrogen-bond donors (Lipinski definition) is 2. The van der Waals surface area contributed by atoms with Crippen LogP contribution >= 0.6 is 23.2 Å². The average Bonchev–Trinajstić information content (AvgIpc) is 2.30. The molecular formula is C12H15Cl2NO2. The number of nitrogens with one attached hydrogen (secondary N) is 1. The molecule has 5 heteroatoms. The van der Waals surface area contributed by atoms with E-state index in [4.69, 9.17) is 28.3 Å². The zero-order chi connectivity index (χ0) is 12.8. The van der Waals surface area contributed by atoms with Crippen LogP contribution in [0.15, 0.2) is 12.1 Å². The lowest BCUT2D eigenvalue weighted by atomic mass is 10.2. The van der Waals surface area contributed by atoms with E-state index in [1.54, 1.807) is 12.1 Å². The summed E-state index contributed by atoms with van der Waals surface area (Å²) >= 11 is 12.0. The molecule has 1 aromatic carbocycles. The molecule has 0 atom stereocenters. The first-order valence-electron chi connectivity index (χ1n) is 5.41. The molecule has 0 saturated heterocycles. The van der Waals surface area contributed by atoms with E-state index < -0.39 is 0 Å². The maximum Gasteiger partial charge on any atom is 0.224 e. The van der Waals surface area contributed by atoms with E-state index in [0.29, 0.717) is 35.0 Å². The molecule has 1 aromatic rings. The predicted octanol–water partition coefficient (Wildman–Crippen LogP) is 3.40. The third kappa shape index (κ3) is 4.19. The van der Waals surface area contributed by atoms with Gasteiger partial charge in [-0.3, -0.25) is 4.79 Å². The Bertz CT molecular complexity index is 408. The average molecular weight is 276 g/mol. The van der Waals surface area contributed by atoms with Crippen molar-refractivity contribution < 1.29 is 9.90 Å². The molecule has 0 aliphatic rings. The van der Waals surface area contributed by atoms with Crippen LogP contribution in [-0.2, 0) is 4.79 Å². The number of halogens is 2. The fraction of sp³-hybridized carbons (Fsp3) is 0.417. The minimum atomic E-state index is -0.146. The van der Waals surface area contributed by atoms with E-state index in [9.17, 15) is 4.79 Å². The second-order valence-electron chi connectivity index (χ2n) is 3.78. The van der Waals surface area contributed by atoms with Gasteiger partial charge in [0.05, 0.1) is 15.7 Å². The number of hydrogen-bond acceptors (Lipinski definition) is 2. The summed E-state index contributed by atoms with van der Waals surface area (Å²) < 4.78 is 0. The van der Waals surface area contributed by atoms with Gasteiger partial charge in [0.2, 0.25) is 5.91 Å². The zero-order valence-corrected chi connectivity index (χ0v) is 11.1. The van der Waals surface area contributed by atoms with Gasteiger partial charge >= 0.3 is 0 Å². The molecule has 0 radical (unpaired) electrons. The van der Waals surface area contributed by atoms with Crippen molar-refractivity contribution in [3.05, 3.63) is 27.7 Å². The fourth-order valence-electron chi connectivity index (χ4n) is 1.37. The highest BCUT2D eigenvalue weighted by molar-refractivity contribution is 6.40. The van der Waals surface area contributed by atoms with Crippen LogP contribution in [0.1, 0.15) is 24.8 Å². The monoisotopic (exact) mass is 275 g/mol. The van der Waals surface area contributed by atoms with E-state index >= 15 is 0 Å². The van der Waals surface area contributed by atoms with Gasteiger partial charge in [0.15, 0.2) is 0 Å². The lowest BCUT2D eigenvalue weighted by molar-refractivity contribution is -0.116. The van der Waals surface area contributed by atoms with Gasteiger partial charge in [-0.05, 0) is 31.4 Å². The van der Waals surface area contributed by atoms with Crippen LogP contribution in [-0.4, -0.2) is 17.6 Å². The topological polar surface area (TPSA) is 49.3 Å². The largest absolute Gasteiger partial charge is 0.396 e. The molecule has 2 N–H and O–H groups in total. The highest BCUT2D eigenvalue weighted by atomic mass is 35.5. The summed E-state index contributed by atoms with van der Waals surface area (Å²) in [5.41, 5.74) is 1.32. The molecule has 0 unspecified atom stereocenters. The van der Waals surface area contributed by atoms with E-state index in [1.165, 1.54) is 0 Å². The van der Waals surface area contributed by atoms with E-state index in [-0.39, 0.29) is 12.5 Å². The number of aryl methyl sites for hydroxylation is 1. The van der Waals surface area contributed by atoms with Crippen LogP contribution in [0.4, 0.5) is 5.69 Å². The molecule has 0 saturated carbocycles. The molecule has 0 aromatic heterocycles. The number of anilines is 1.